The van der Waals surface area contributed by atoms with Crippen molar-refractivity contribution >= 4 is 17.5 Å². The van der Waals surface area contributed by atoms with Gasteiger partial charge in [0.2, 0.25) is 5.91 Å². The SMILES string of the molecule is Cc1cccc(OCCC(=O)Nc2cccc(C(=O)N3CCOCC3)c2)c1C. The summed E-state index contributed by atoms with van der Waals surface area (Å²) in [5.74, 6) is 0.602. The summed E-state index contributed by atoms with van der Waals surface area (Å²) in [7, 11) is 0. The van der Waals surface area contributed by atoms with Crippen molar-refractivity contribution in [1.82, 2.24) is 4.90 Å². The predicted molar refractivity (Wildman–Crippen MR) is 108 cm³/mol. The van der Waals surface area contributed by atoms with E-state index in [1.807, 2.05) is 32.0 Å². The highest BCUT2D eigenvalue weighted by molar-refractivity contribution is 5.97. The molecule has 0 aliphatic carbocycles. The molecule has 1 aliphatic heterocycles. The fourth-order valence-electron chi connectivity index (χ4n) is 3.04. The van der Waals surface area contributed by atoms with E-state index in [-0.39, 0.29) is 18.2 Å². The van der Waals surface area contributed by atoms with Crippen LogP contribution in [0.15, 0.2) is 42.5 Å². The Morgan fingerprint density at radius 1 is 1.11 bits per heavy atom. The molecule has 0 atom stereocenters. The number of carbonyl (C=O) groups excluding carboxylic acids is 2. The van der Waals surface area contributed by atoms with E-state index >= 15 is 0 Å². The van der Waals surface area contributed by atoms with Crippen molar-refractivity contribution in [2.45, 2.75) is 20.3 Å². The van der Waals surface area contributed by atoms with Crippen LogP contribution >= 0.6 is 0 Å². The zero-order valence-corrected chi connectivity index (χ0v) is 16.4. The molecule has 3 rings (SSSR count). The molecular formula is C22H26N2O4. The Kier molecular flexibility index (Phi) is 6.66. The van der Waals surface area contributed by atoms with Gasteiger partial charge in [0.05, 0.1) is 26.2 Å². The van der Waals surface area contributed by atoms with Gasteiger partial charge >= 0.3 is 0 Å². The quantitative estimate of drug-likeness (QED) is 0.833. The fraction of sp³-hybridized carbons (Fsp3) is 0.364. The second-order valence-electron chi connectivity index (χ2n) is 6.83. The van der Waals surface area contributed by atoms with E-state index in [1.54, 1.807) is 29.2 Å². The molecule has 0 aromatic heterocycles. The van der Waals surface area contributed by atoms with Gasteiger partial charge in [0, 0.05) is 24.3 Å². The van der Waals surface area contributed by atoms with Gasteiger partial charge in [-0.1, -0.05) is 18.2 Å². The molecule has 1 saturated heterocycles. The molecule has 0 bridgehead atoms. The number of aryl methyl sites for hydroxylation is 1. The minimum absolute atomic E-state index is 0.0438. The lowest BCUT2D eigenvalue weighted by atomic mass is 10.1. The maximum Gasteiger partial charge on any atom is 0.254 e. The molecule has 2 aromatic carbocycles. The van der Waals surface area contributed by atoms with E-state index in [2.05, 4.69) is 5.32 Å². The minimum Gasteiger partial charge on any atom is -0.493 e. The summed E-state index contributed by atoms with van der Waals surface area (Å²) >= 11 is 0. The number of ether oxygens (including phenoxy) is 2. The van der Waals surface area contributed by atoms with Gasteiger partial charge in [-0.3, -0.25) is 9.59 Å². The number of benzene rings is 2. The zero-order chi connectivity index (χ0) is 19.9. The van der Waals surface area contributed by atoms with Gasteiger partial charge in [0.1, 0.15) is 5.75 Å². The van der Waals surface area contributed by atoms with Crippen LogP contribution in [0.25, 0.3) is 0 Å². The van der Waals surface area contributed by atoms with Crippen LogP contribution in [-0.2, 0) is 9.53 Å². The van der Waals surface area contributed by atoms with E-state index in [9.17, 15) is 9.59 Å². The van der Waals surface area contributed by atoms with Crippen LogP contribution in [-0.4, -0.2) is 49.6 Å². The minimum atomic E-state index is -0.152. The molecule has 148 valence electrons. The van der Waals surface area contributed by atoms with Crippen LogP contribution in [0.5, 0.6) is 5.75 Å². The predicted octanol–water partition coefficient (Wildman–Crippen LogP) is 3.18. The van der Waals surface area contributed by atoms with Gasteiger partial charge in [-0.05, 0) is 49.2 Å². The highest BCUT2D eigenvalue weighted by Crippen LogP contribution is 2.20. The molecule has 0 saturated carbocycles. The lowest BCUT2D eigenvalue weighted by molar-refractivity contribution is -0.116. The smallest absolute Gasteiger partial charge is 0.254 e. The molecule has 0 spiro atoms. The summed E-state index contributed by atoms with van der Waals surface area (Å²) in [5, 5.41) is 2.84. The summed E-state index contributed by atoms with van der Waals surface area (Å²) < 4.78 is 11.0. The van der Waals surface area contributed by atoms with Gasteiger partial charge in [0.25, 0.3) is 5.91 Å². The maximum absolute atomic E-state index is 12.6. The first kappa shape index (κ1) is 19.9. The van der Waals surface area contributed by atoms with Crippen molar-refractivity contribution in [3.63, 3.8) is 0 Å². The first-order valence-electron chi connectivity index (χ1n) is 9.50. The number of carbonyl (C=O) groups is 2. The van der Waals surface area contributed by atoms with E-state index < -0.39 is 0 Å². The topological polar surface area (TPSA) is 67.9 Å². The molecule has 1 heterocycles. The maximum atomic E-state index is 12.6. The summed E-state index contributed by atoms with van der Waals surface area (Å²) in [6.45, 7) is 6.62. The van der Waals surface area contributed by atoms with Crippen molar-refractivity contribution in [2.24, 2.45) is 0 Å². The monoisotopic (exact) mass is 382 g/mol. The van der Waals surface area contributed by atoms with Crippen molar-refractivity contribution < 1.29 is 19.1 Å². The molecule has 2 aromatic rings. The number of morpholine rings is 1. The molecule has 6 nitrogen and oxygen atoms in total. The van der Waals surface area contributed by atoms with Gasteiger partial charge in [-0.15, -0.1) is 0 Å². The van der Waals surface area contributed by atoms with Crippen LogP contribution in [0.3, 0.4) is 0 Å². The van der Waals surface area contributed by atoms with Crippen molar-refractivity contribution in [1.29, 1.82) is 0 Å². The van der Waals surface area contributed by atoms with Crippen LogP contribution in [0.2, 0.25) is 0 Å². The van der Waals surface area contributed by atoms with E-state index in [0.29, 0.717) is 44.2 Å². The number of hydrogen-bond donors (Lipinski definition) is 1. The Bertz CT molecular complexity index is 844. The number of hydrogen-bond acceptors (Lipinski definition) is 4. The largest absolute Gasteiger partial charge is 0.493 e. The molecule has 2 amide bonds. The summed E-state index contributed by atoms with van der Waals surface area (Å²) in [4.78, 5) is 26.6. The summed E-state index contributed by atoms with van der Waals surface area (Å²) in [6, 6.07) is 12.9. The van der Waals surface area contributed by atoms with E-state index in [0.717, 1.165) is 16.9 Å². The first-order valence-corrected chi connectivity index (χ1v) is 9.50. The second-order valence-corrected chi connectivity index (χ2v) is 6.83. The van der Waals surface area contributed by atoms with E-state index in [4.69, 9.17) is 9.47 Å². The highest BCUT2D eigenvalue weighted by Gasteiger charge is 2.18. The van der Waals surface area contributed by atoms with Gasteiger partial charge in [-0.2, -0.15) is 0 Å². The highest BCUT2D eigenvalue weighted by atomic mass is 16.5. The fourth-order valence-corrected chi connectivity index (χ4v) is 3.04. The molecule has 6 heteroatoms. The van der Waals surface area contributed by atoms with Crippen molar-refractivity contribution in [3.8, 4) is 5.75 Å². The standard InChI is InChI=1S/C22H26N2O4/c1-16-5-3-8-20(17(16)2)28-12-9-21(25)23-19-7-4-6-18(15-19)22(26)24-10-13-27-14-11-24/h3-8,15H,9-14H2,1-2H3,(H,23,25). The molecule has 28 heavy (non-hydrogen) atoms. The van der Waals surface area contributed by atoms with Crippen molar-refractivity contribution in [3.05, 3.63) is 59.2 Å². The molecular weight excluding hydrogens is 356 g/mol. The summed E-state index contributed by atoms with van der Waals surface area (Å²) in [6.07, 6.45) is 0.231. The van der Waals surface area contributed by atoms with Gasteiger partial charge in [0.15, 0.2) is 0 Å². The Balaban J connectivity index is 1.52. The number of nitrogens with one attached hydrogen (secondary N) is 1. The third-order valence-electron chi connectivity index (χ3n) is 4.83. The number of amides is 2. The van der Waals surface area contributed by atoms with Gasteiger partial charge in [-0.25, -0.2) is 0 Å². The Morgan fingerprint density at radius 3 is 2.64 bits per heavy atom. The van der Waals surface area contributed by atoms with E-state index in [1.165, 1.54) is 0 Å². The molecule has 1 fully saturated rings. The number of nitrogens with zero attached hydrogens (tertiary/aromatic N) is 1. The normalized spacial score (nSPS) is 13.9. The first-order chi connectivity index (χ1) is 13.5. The molecule has 1 N–H and O–H groups in total. The number of anilines is 1. The zero-order valence-electron chi connectivity index (χ0n) is 16.4. The third-order valence-corrected chi connectivity index (χ3v) is 4.83. The lowest BCUT2D eigenvalue weighted by Crippen LogP contribution is -2.40. The Hall–Kier alpha value is -2.86. The van der Waals surface area contributed by atoms with Crippen LogP contribution in [0.4, 0.5) is 5.69 Å². The van der Waals surface area contributed by atoms with Crippen LogP contribution < -0.4 is 10.1 Å². The second kappa shape index (κ2) is 9.37. The Morgan fingerprint density at radius 2 is 1.86 bits per heavy atom. The molecule has 0 radical (unpaired) electrons. The average molecular weight is 382 g/mol. The van der Waals surface area contributed by atoms with Crippen molar-refractivity contribution in [2.75, 3.05) is 38.2 Å². The summed E-state index contributed by atoms with van der Waals surface area (Å²) in [5.41, 5.74) is 3.41. The Labute approximate surface area is 165 Å². The molecule has 1 aliphatic rings. The third kappa shape index (κ3) is 5.10. The van der Waals surface area contributed by atoms with Gasteiger partial charge < -0.3 is 19.7 Å². The average Bonchev–Trinajstić information content (AvgIpc) is 2.71. The molecule has 0 unspecified atom stereocenters. The lowest BCUT2D eigenvalue weighted by Gasteiger charge is -2.27. The number of rotatable bonds is 6. The van der Waals surface area contributed by atoms with Crippen LogP contribution in [0, 0.1) is 13.8 Å². The van der Waals surface area contributed by atoms with Crippen LogP contribution in [0.1, 0.15) is 27.9 Å².